The van der Waals surface area contributed by atoms with E-state index < -0.39 is 6.10 Å². The molecule has 20 heavy (non-hydrogen) atoms. The topological polar surface area (TPSA) is 59.9 Å². The molecular weight excluding hydrogens is 256 g/mol. The van der Waals surface area contributed by atoms with Gasteiger partial charge in [-0.25, -0.2) is 0 Å². The number of methoxy groups -OCH3 is 1. The van der Waals surface area contributed by atoms with Crippen molar-refractivity contribution < 1.29 is 14.4 Å². The Kier molecular flexibility index (Phi) is 4.40. The van der Waals surface area contributed by atoms with Gasteiger partial charge in [-0.15, -0.1) is 0 Å². The molecule has 0 fully saturated rings. The summed E-state index contributed by atoms with van der Waals surface area (Å²) in [6, 6.07) is 7.53. The Labute approximate surface area is 118 Å². The number of carbonyl (C=O) groups is 1. The summed E-state index contributed by atoms with van der Waals surface area (Å²) < 4.78 is 5.17. The van der Waals surface area contributed by atoms with E-state index in [1.165, 1.54) is 0 Å². The van der Waals surface area contributed by atoms with Crippen molar-refractivity contribution in [1.82, 2.24) is 5.32 Å². The van der Waals surface area contributed by atoms with Crippen molar-refractivity contribution in [2.24, 2.45) is 5.16 Å². The van der Waals surface area contributed by atoms with E-state index in [-0.39, 0.29) is 5.91 Å². The van der Waals surface area contributed by atoms with Crippen LogP contribution in [0, 0.1) is 0 Å². The lowest BCUT2D eigenvalue weighted by Crippen LogP contribution is -2.35. The first-order valence-corrected chi connectivity index (χ1v) is 6.39. The van der Waals surface area contributed by atoms with Crippen molar-refractivity contribution in [3.63, 3.8) is 0 Å². The average molecular weight is 274 g/mol. The Morgan fingerprint density at radius 1 is 1.60 bits per heavy atom. The highest BCUT2D eigenvalue weighted by Crippen LogP contribution is 2.20. The van der Waals surface area contributed by atoms with Gasteiger partial charge < -0.3 is 14.9 Å². The summed E-state index contributed by atoms with van der Waals surface area (Å²) in [4.78, 5) is 17.1. The van der Waals surface area contributed by atoms with Crippen molar-refractivity contribution in [3.05, 3.63) is 42.0 Å². The second kappa shape index (κ2) is 6.23. The van der Waals surface area contributed by atoms with Gasteiger partial charge in [-0.2, -0.15) is 0 Å². The average Bonchev–Trinajstić information content (AvgIpc) is 2.94. The smallest absolute Gasteiger partial charge is 0.264 e. The van der Waals surface area contributed by atoms with Gasteiger partial charge >= 0.3 is 0 Å². The van der Waals surface area contributed by atoms with E-state index in [4.69, 9.17) is 9.57 Å². The molecule has 1 unspecified atom stereocenters. The van der Waals surface area contributed by atoms with Crippen LogP contribution in [0.15, 0.2) is 41.6 Å². The van der Waals surface area contributed by atoms with E-state index in [0.29, 0.717) is 13.0 Å². The first-order chi connectivity index (χ1) is 9.60. The summed E-state index contributed by atoms with van der Waals surface area (Å²) >= 11 is 0. The fourth-order valence-corrected chi connectivity index (χ4v) is 1.84. The van der Waals surface area contributed by atoms with Crippen LogP contribution < -0.4 is 10.1 Å². The van der Waals surface area contributed by atoms with E-state index in [2.05, 4.69) is 17.1 Å². The zero-order chi connectivity index (χ0) is 14.5. The summed E-state index contributed by atoms with van der Waals surface area (Å²) in [6.07, 6.45) is -0.120. The van der Waals surface area contributed by atoms with E-state index in [1.807, 2.05) is 31.2 Å². The van der Waals surface area contributed by atoms with Gasteiger partial charge in [0, 0.05) is 18.5 Å². The molecular formula is C15H18N2O3. The van der Waals surface area contributed by atoms with Gasteiger partial charge in [0.05, 0.1) is 12.8 Å². The van der Waals surface area contributed by atoms with Gasteiger partial charge in [0.2, 0.25) is 6.10 Å². The number of oxime groups is 1. The zero-order valence-corrected chi connectivity index (χ0v) is 11.7. The Hall–Kier alpha value is -2.30. The molecule has 106 valence electrons. The second-order valence-electron chi connectivity index (χ2n) is 4.74. The number of benzene rings is 1. The molecule has 0 aliphatic carbocycles. The van der Waals surface area contributed by atoms with Crippen molar-refractivity contribution in [1.29, 1.82) is 0 Å². The first-order valence-electron chi connectivity index (χ1n) is 6.39. The minimum Gasteiger partial charge on any atom is -0.497 e. The van der Waals surface area contributed by atoms with Crippen molar-refractivity contribution in [2.75, 3.05) is 13.7 Å². The van der Waals surface area contributed by atoms with Crippen LogP contribution in [0.1, 0.15) is 18.9 Å². The number of ether oxygens (including phenoxy) is 1. The number of carbonyl (C=O) groups excluding carboxylic acids is 1. The third-order valence-electron chi connectivity index (χ3n) is 2.93. The number of rotatable bonds is 5. The summed E-state index contributed by atoms with van der Waals surface area (Å²) in [5.41, 5.74) is 2.55. The predicted octanol–water partition coefficient (Wildman–Crippen LogP) is 1.88. The number of hydrogen-bond donors (Lipinski definition) is 1. The number of nitrogens with one attached hydrogen (secondary N) is 1. The highest BCUT2D eigenvalue weighted by molar-refractivity contribution is 6.04. The molecule has 0 bridgehead atoms. The maximum Gasteiger partial charge on any atom is 0.264 e. The van der Waals surface area contributed by atoms with Crippen LogP contribution in [-0.2, 0) is 9.63 Å². The Balaban J connectivity index is 1.97. The lowest BCUT2D eigenvalue weighted by molar-refractivity contribution is -0.130. The molecule has 5 heteroatoms. The van der Waals surface area contributed by atoms with E-state index >= 15 is 0 Å². The van der Waals surface area contributed by atoms with Crippen LogP contribution in [0.4, 0.5) is 0 Å². The molecule has 1 aliphatic heterocycles. The normalized spacial score (nSPS) is 17.1. The molecule has 1 atom stereocenters. The van der Waals surface area contributed by atoms with Gasteiger partial charge in [0.25, 0.3) is 5.91 Å². The zero-order valence-electron chi connectivity index (χ0n) is 11.7. The van der Waals surface area contributed by atoms with Crippen molar-refractivity contribution in [2.45, 2.75) is 19.4 Å². The van der Waals surface area contributed by atoms with E-state index in [1.54, 1.807) is 7.11 Å². The Morgan fingerprint density at radius 2 is 2.40 bits per heavy atom. The van der Waals surface area contributed by atoms with Crippen LogP contribution in [0.2, 0.25) is 0 Å². The molecule has 0 saturated heterocycles. The highest BCUT2D eigenvalue weighted by Gasteiger charge is 2.28. The third-order valence-corrected chi connectivity index (χ3v) is 2.93. The van der Waals surface area contributed by atoms with E-state index in [9.17, 15) is 4.79 Å². The molecule has 1 aliphatic rings. The van der Waals surface area contributed by atoms with Crippen LogP contribution in [-0.4, -0.2) is 31.4 Å². The number of hydrogen-bond acceptors (Lipinski definition) is 4. The van der Waals surface area contributed by atoms with Crippen LogP contribution in [0.25, 0.3) is 0 Å². The molecule has 1 aromatic rings. The molecule has 5 nitrogen and oxygen atoms in total. The Morgan fingerprint density at radius 3 is 3.10 bits per heavy atom. The maximum absolute atomic E-state index is 11.9. The van der Waals surface area contributed by atoms with Crippen molar-refractivity contribution >= 4 is 11.6 Å². The van der Waals surface area contributed by atoms with Crippen LogP contribution in [0.5, 0.6) is 5.75 Å². The molecule has 0 radical (unpaired) electrons. The molecule has 1 N–H and O–H groups in total. The fraction of sp³-hybridized carbons (Fsp3) is 0.333. The minimum absolute atomic E-state index is 0.172. The lowest BCUT2D eigenvalue weighted by atomic mass is 10.0. The number of nitrogens with zero attached hydrogens (tertiary/aromatic N) is 1. The summed E-state index contributed by atoms with van der Waals surface area (Å²) in [7, 11) is 1.61. The quantitative estimate of drug-likeness (QED) is 0.834. The third kappa shape index (κ3) is 3.38. The van der Waals surface area contributed by atoms with Gasteiger partial charge in [-0.3, -0.25) is 4.79 Å². The van der Waals surface area contributed by atoms with Crippen LogP contribution in [0.3, 0.4) is 0 Å². The minimum atomic E-state index is -0.574. The van der Waals surface area contributed by atoms with Gasteiger partial charge in [0.1, 0.15) is 5.75 Å². The first kappa shape index (κ1) is 14.1. The molecule has 2 rings (SSSR count). The summed E-state index contributed by atoms with van der Waals surface area (Å²) in [6.45, 7) is 6.04. The summed E-state index contributed by atoms with van der Waals surface area (Å²) in [5, 5.41) is 6.75. The molecule has 0 aromatic heterocycles. The lowest BCUT2D eigenvalue weighted by Gasteiger charge is -2.09. The Bertz CT molecular complexity index is 552. The van der Waals surface area contributed by atoms with Crippen LogP contribution >= 0.6 is 0 Å². The van der Waals surface area contributed by atoms with Gasteiger partial charge in [-0.1, -0.05) is 29.4 Å². The predicted molar refractivity (Wildman–Crippen MR) is 76.8 cm³/mol. The van der Waals surface area contributed by atoms with E-state index in [0.717, 1.165) is 22.6 Å². The monoisotopic (exact) mass is 274 g/mol. The van der Waals surface area contributed by atoms with Gasteiger partial charge in [0.15, 0.2) is 0 Å². The molecule has 0 spiro atoms. The SMILES string of the molecule is C=C(C)CNC(=O)C1CC(c2cccc(OC)c2)=NO1. The number of amides is 1. The fourth-order valence-electron chi connectivity index (χ4n) is 1.84. The maximum atomic E-state index is 11.9. The standard InChI is InChI=1S/C15H18N2O3/c1-10(2)9-16-15(18)14-8-13(17-20-14)11-5-4-6-12(7-11)19-3/h4-7,14H,1,8-9H2,2-3H3,(H,16,18). The van der Waals surface area contributed by atoms with Crippen molar-refractivity contribution in [3.8, 4) is 5.75 Å². The molecule has 1 heterocycles. The van der Waals surface area contributed by atoms with Gasteiger partial charge in [-0.05, 0) is 19.1 Å². The molecule has 0 saturated carbocycles. The largest absolute Gasteiger partial charge is 0.497 e. The second-order valence-corrected chi connectivity index (χ2v) is 4.74. The summed E-state index contributed by atoms with van der Waals surface area (Å²) in [5.74, 6) is 0.579. The molecule has 1 amide bonds. The molecule has 1 aromatic carbocycles. The highest BCUT2D eigenvalue weighted by atomic mass is 16.6.